The number of esters is 1. The SMILES string of the molecule is C=CC(C)(C)C(C(=O)OCC)C(=O)c1ccccc1. The highest BCUT2D eigenvalue weighted by Gasteiger charge is 2.40. The Morgan fingerprint density at radius 1 is 1.32 bits per heavy atom. The molecule has 0 aliphatic rings. The van der Waals surface area contributed by atoms with Gasteiger partial charge < -0.3 is 4.74 Å². The molecule has 0 radical (unpaired) electrons. The van der Waals surface area contributed by atoms with E-state index in [1.54, 1.807) is 37.3 Å². The van der Waals surface area contributed by atoms with Crippen molar-refractivity contribution in [1.82, 2.24) is 0 Å². The van der Waals surface area contributed by atoms with Crippen LogP contribution in [0.4, 0.5) is 0 Å². The third-order valence-corrected chi connectivity index (χ3v) is 3.11. The highest BCUT2D eigenvalue weighted by Crippen LogP contribution is 2.32. The van der Waals surface area contributed by atoms with Crippen molar-refractivity contribution in [2.75, 3.05) is 6.61 Å². The minimum atomic E-state index is -0.868. The summed E-state index contributed by atoms with van der Waals surface area (Å²) in [4.78, 5) is 24.6. The molecule has 102 valence electrons. The first-order valence-corrected chi connectivity index (χ1v) is 6.33. The number of carbonyl (C=O) groups is 2. The van der Waals surface area contributed by atoms with E-state index in [9.17, 15) is 9.59 Å². The molecule has 0 heterocycles. The second-order valence-corrected chi connectivity index (χ2v) is 4.94. The van der Waals surface area contributed by atoms with Crippen molar-refractivity contribution in [2.45, 2.75) is 20.8 Å². The highest BCUT2D eigenvalue weighted by molar-refractivity contribution is 6.09. The van der Waals surface area contributed by atoms with Gasteiger partial charge in [-0.2, -0.15) is 0 Å². The fourth-order valence-electron chi connectivity index (χ4n) is 1.86. The summed E-state index contributed by atoms with van der Waals surface area (Å²) in [6, 6.07) is 8.78. The third-order valence-electron chi connectivity index (χ3n) is 3.11. The zero-order chi connectivity index (χ0) is 14.5. The number of ether oxygens (including phenoxy) is 1. The first-order chi connectivity index (χ1) is 8.94. The summed E-state index contributed by atoms with van der Waals surface area (Å²) in [6.45, 7) is 9.31. The summed E-state index contributed by atoms with van der Waals surface area (Å²) < 4.78 is 5.03. The Hall–Kier alpha value is -1.90. The van der Waals surface area contributed by atoms with Crippen LogP contribution in [0.25, 0.3) is 0 Å². The lowest BCUT2D eigenvalue weighted by Gasteiger charge is -2.28. The van der Waals surface area contributed by atoms with Crippen LogP contribution in [-0.2, 0) is 9.53 Å². The summed E-state index contributed by atoms with van der Waals surface area (Å²) in [7, 11) is 0. The van der Waals surface area contributed by atoms with E-state index >= 15 is 0 Å². The predicted molar refractivity (Wildman–Crippen MR) is 74.9 cm³/mol. The normalized spacial score (nSPS) is 12.6. The van der Waals surface area contributed by atoms with Gasteiger partial charge in [-0.25, -0.2) is 0 Å². The van der Waals surface area contributed by atoms with Gasteiger partial charge in [-0.3, -0.25) is 9.59 Å². The molecule has 19 heavy (non-hydrogen) atoms. The maximum atomic E-state index is 12.5. The molecule has 0 saturated heterocycles. The molecule has 1 atom stereocenters. The number of ketones is 1. The van der Waals surface area contributed by atoms with Crippen LogP contribution in [0.15, 0.2) is 43.0 Å². The highest BCUT2D eigenvalue weighted by atomic mass is 16.5. The molecule has 0 fully saturated rings. The van der Waals surface area contributed by atoms with E-state index in [0.29, 0.717) is 5.56 Å². The number of allylic oxidation sites excluding steroid dienone is 1. The third kappa shape index (κ3) is 3.53. The lowest BCUT2D eigenvalue weighted by atomic mass is 9.75. The predicted octanol–water partition coefficient (Wildman–Crippen LogP) is 3.26. The van der Waals surface area contributed by atoms with E-state index in [-0.39, 0.29) is 12.4 Å². The summed E-state index contributed by atoms with van der Waals surface area (Å²) >= 11 is 0. The van der Waals surface area contributed by atoms with Gasteiger partial charge in [-0.1, -0.05) is 50.3 Å². The van der Waals surface area contributed by atoms with E-state index < -0.39 is 17.3 Å². The second kappa shape index (κ2) is 6.32. The number of rotatable bonds is 6. The number of benzene rings is 1. The maximum absolute atomic E-state index is 12.5. The quantitative estimate of drug-likeness (QED) is 0.341. The van der Waals surface area contributed by atoms with Gasteiger partial charge in [0, 0.05) is 11.0 Å². The molecule has 0 aliphatic heterocycles. The van der Waals surface area contributed by atoms with E-state index in [4.69, 9.17) is 4.74 Å². The monoisotopic (exact) mass is 260 g/mol. The van der Waals surface area contributed by atoms with Gasteiger partial charge in [-0.05, 0) is 6.92 Å². The van der Waals surface area contributed by atoms with Gasteiger partial charge in [0.05, 0.1) is 6.61 Å². The molecule has 1 aromatic rings. The van der Waals surface area contributed by atoms with Crippen LogP contribution < -0.4 is 0 Å². The van der Waals surface area contributed by atoms with E-state index in [2.05, 4.69) is 6.58 Å². The van der Waals surface area contributed by atoms with E-state index in [1.165, 1.54) is 0 Å². The Kier molecular flexibility index (Phi) is 5.04. The fraction of sp³-hybridized carbons (Fsp3) is 0.375. The Morgan fingerprint density at radius 3 is 2.37 bits per heavy atom. The molecule has 0 bridgehead atoms. The van der Waals surface area contributed by atoms with E-state index in [1.807, 2.05) is 19.9 Å². The van der Waals surface area contributed by atoms with Crippen LogP contribution in [0.5, 0.6) is 0 Å². The molecule has 1 aromatic carbocycles. The number of hydrogen-bond donors (Lipinski definition) is 0. The number of Topliss-reactive ketones (excluding diaryl/α,β-unsaturated/α-hetero) is 1. The smallest absolute Gasteiger partial charge is 0.317 e. The molecule has 1 rings (SSSR count). The Morgan fingerprint density at radius 2 is 1.89 bits per heavy atom. The van der Waals surface area contributed by atoms with Crippen molar-refractivity contribution in [3.63, 3.8) is 0 Å². The van der Waals surface area contributed by atoms with Gasteiger partial charge in [0.2, 0.25) is 0 Å². The van der Waals surface area contributed by atoms with Gasteiger partial charge >= 0.3 is 5.97 Å². The fourth-order valence-corrected chi connectivity index (χ4v) is 1.86. The Balaban J connectivity index is 3.14. The summed E-state index contributed by atoms with van der Waals surface area (Å²) in [5.74, 6) is -1.60. The van der Waals surface area contributed by atoms with Crippen molar-refractivity contribution >= 4 is 11.8 Å². The van der Waals surface area contributed by atoms with Crippen molar-refractivity contribution in [3.05, 3.63) is 48.6 Å². The van der Waals surface area contributed by atoms with Crippen LogP contribution in [0.2, 0.25) is 0 Å². The molecule has 0 aliphatic carbocycles. The Bertz CT molecular complexity index is 460. The van der Waals surface area contributed by atoms with Gasteiger partial charge in [-0.15, -0.1) is 6.58 Å². The summed E-state index contributed by atoms with van der Waals surface area (Å²) in [6.07, 6.45) is 1.62. The topological polar surface area (TPSA) is 43.4 Å². The molecule has 0 N–H and O–H groups in total. The van der Waals surface area contributed by atoms with Gasteiger partial charge in [0.25, 0.3) is 0 Å². The molecule has 0 saturated carbocycles. The lowest BCUT2D eigenvalue weighted by molar-refractivity contribution is -0.148. The first kappa shape index (κ1) is 15.2. The average Bonchev–Trinajstić information content (AvgIpc) is 2.40. The minimum absolute atomic E-state index is 0.232. The molecule has 3 nitrogen and oxygen atoms in total. The number of hydrogen-bond acceptors (Lipinski definition) is 3. The molecule has 3 heteroatoms. The van der Waals surface area contributed by atoms with Crippen LogP contribution in [0.3, 0.4) is 0 Å². The van der Waals surface area contributed by atoms with Crippen LogP contribution in [-0.4, -0.2) is 18.4 Å². The van der Waals surface area contributed by atoms with Crippen molar-refractivity contribution in [3.8, 4) is 0 Å². The van der Waals surface area contributed by atoms with E-state index in [0.717, 1.165) is 0 Å². The second-order valence-electron chi connectivity index (χ2n) is 4.94. The first-order valence-electron chi connectivity index (χ1n) is 6.33. The standard InChI is InChI=1S/C16H20O3/c1-5-16(3,4)13(15(18)19-6-2)14(17)12-10-8-7-9-11-12/h5,7-11,13H,1,6H2,2-4H3. The molecular formula is C16H20O3. The van der Waals surface area contributed by atoms with Crippen molar-refractivity contribution < 1.29 is 14.3 Å². The minimum Gasteiger partial charge on any atom is -0.465 e. The van der Waals surface area contributed by atoms with Crippen LogP contribution in [0.1, 0.15) is 31.1 Å². The van der Waals surface area contributed by atoms with Gasteiger partial charge in [0.1, 0.15) is 5.92 Å². The molecule has 1 unspecified atom stereocenters. The summed E-state index contributed by atoms with van der Waals surface area (Å²) in [5.41, 5.74) is -0.144. The molecule has 0 aromatic heterocycles. The molecular weight excluding hydrogens is 240 g/mol. The zero-order valence-electron chi connectivity index (χ0n) is 11.7. The van der Waals surface area contributed by atoms with Crippen molar-refractivity contribution in [2.24, 2.45) is 11.3 Å². The zero-order valence-corrected chi connectivity index (χ0v) is 11.7. The largest absolute Gasteiger partial charge is 0.465 e. The molecule has 0 spiro atoms. The van der Waals surface area contributed by atoms with Crippen LogP contribution >= 0.6 is 0 Å². The average molecular weight is 260 g/mol. The maximum Gasteiger partial charge on any atom is 0.317 e. The van der Waals surface area contributed by atoms with Gasteiger partial charge in [0.15, 0.2) is 5.78 Å². The lowest BCUT2D eigenvalue weighted by Crippen LogP contribution is -2.37. The van der Waals surface area contributed by atoms with Crippen LogP contribution in [0, 0.1) is 11.3 Å². The van der Waals surface area contributed by atoms with Crippen molar-refractivity contribution in [1.29, 1.82) is 0 Å². The summed E-state index contributed by atoms with van der Waals surface area (Å²) in [5, 5.41) is 0. The Labute approximate surface area is 114 Å². The number of carbonyl (C=O) groups excluding carboxylic acids is 2. The molecule has 0 amide bonds.